The van der Waals surface area contributed by atoms with E-state index in [2.05, 4.69) is 10.1 Å². The number of alkyl halides is 3. The molecule has 0 radical (unpaired) electrons. The Balaban J connectivity index is 2.32. The van der Waals surface area contributed by atoms with Crippen LogP contribution in [0.1, 0.15) is 12.5 Å². The lowest BCUT2D eigenvalue weighted by Crippen LogP contribution is -2.50. The largest absolute Gasteiger partial charge is 0.516 e. The SMILES string of the molecule is CC1=NN(c2ncc(CN)cc2F)CCN1S(=O)(=O)C(F)(F)F. The molecule has 2 rings (SSSR count). The first-order valence-electron chi connectivity index (χ1n) is 6.34. The third-order valence-corrected chi connectivity index (χ3v) is 4.69. The highest BCUT2D eigenvalue weighted by Gasteiger charge is 2.51. The molecule has 1 aromatic rings. The van der Waals surface area contributed by atoms with Gasteiger partial charge in [0.15, 0.2) is 11.6 Å². The van der Waals surface area contributed by atoms with Gasteiger partial charge >= 0.3 is 15.5 Å². The third-order valence-electron chi connectivity index (χ3n) is 3.08. The Hall–Kier alpha value is -1.95. The highest BCUT2D eigenvalue weighted by molar-refractivity contribution is 7.90. The molecule has 0 bridgehead atoms. The fraction of sp³-hybridized carbons (Fsp3) is 0.455. The Bertz CT molecular complexity index is 734. The topological polar surface area (TPSA) is 91.9 Å². The van der Waals surface area contributed by atoms with Crippen LogP contribution in [0.15, 0.2) is 17.4 Å². The maximum atomic E-state index is 13.9. The number of hydrogen-bond donors (Lipinski definition) is 1. The van der Waals surface area contributed by atoms with E-state index in [1.54, 1.807) is 0 Å². The van der Waals surface area contributed by atoms with Gasteiger partial charge in [0, 0.05) is 12.7 Å². The number of aromatic nitrogens is 1. The van der Waals surface area contributed by atoms with Gasteiger partial charge < -0.3 is 5.73 Å². The summed E-state index contributed by atoms with van der Waals surface area (Å²) in [6, 6.07) is 1.13. The van der Waals surface area contributed by atoms with Crippen LogP contribution in [-0.2, 0) is 16.6 Å². The predicted molar refractivity (Wildman–Crippen MR) is 74.2 cm³/mol. The van der Waals surface area contributed by atoms with Crippen molar-refractivity contribution in [2.75, 3.05) is 18.1 Å². The number of amidine groups is 1. The zero-order valence-electron chi connectivity index (χ0n) is 11.9. The number of sulfonamides is 1. The lowest BCUT2D eigenvalue weighted by molar-refractivity contribution is -0.0473. The van der Waals surface area contributed by atoms with E-state index in [-0.39, 0.29) is 23.2 Å². The molecule has 0 unspecified atom stereocenters. The molecule has 1 aromatic heterocycles. The smallest absolute Gasteiger partial charge is 0.326 e. The van der Waals surface area contributed by atoms with Crippen molar-refractivity contribution in [2.24, 2.45) is 10.8 Å². The standard InChI is InChI=1S/C11H13F4N5O2S/c1-7-18-19(10-9(12)4-8(5-16)6-17-10)2-3-20(7)23(21,22)11(13,14)15/h4,6H,2-3,5,16H2,1H3. The third kappa shape index (κ3) is 3.22. The highest BCUT2D eigenvalue weighted by atomic mass is 32.2. The first kappa shape index (κ1) is 17.4. The van der Waals surface area contributed by atoms with E-state index in [0.717, 1.165) is 18.0 Å². The number of rotatable bonds is 3. The van der Waals surface area contributed by atoms with E-state index in [9.17, 15) is 26.0 Å². The number of nitrogens with two attached hydrogens (primary N) is 1. The quantitative estimate of drug-likeness (QED) is 0.816. The van der Waals surface area contributed by atoms with Crippen LogP contribution >= 0.6 is 0 Å². The highest BCUT2D eigenvalue weighted by Crippen LogP contribution is 2.29. The average molecular weight is 355 g/mol. The van der Waals surface area contributed by atoms with Crippen LogP contribution in [0.3, 0.4) is 0 Å². The molecule has 0 aliphatic carbocycles. The van der Waals surface area contributed by atoms with Crippen LogP contribution in [0.25, 0.3) is 0 Å². The van der Waals surface area contributed by atoms with E-state index >= 15 is 0 Å². The summed E-state index contributed by atoms with van der Waals surface area (Å²) in [7, 11) is -5.53. The van der Waals surface area contributed by atoms with Crippen molar-refractivity contribution >= 4 is 21.7 Å². The van der Waals surface area contributed by atoms with Crippen molar-refractivity contribution in [3.8, 4) is 0 Å². The maximum absolute atomic E-state index is 13.9. The summed E-state index contributed by atoms with van der Waals surface area (Å²) in [4.78, 5) is 3.82. The van der Waals surface area contributed by atoms with Crippen molar-refractivity contribution in [1.82, 2.24) is 9.29 Å². The van der Waals surface area contributed by atoms with Crippen LogP contribution < -0.4 is 10.7 Å². The van der Waals surface area contributed by atoms with Gasteiger partial charge in [-0.05, 0) is 18.6 Å². The molecule has 0 atom stereocenters. The van der Waals surface area contributed by atoms with Crippen molar-refractivity contribution < 1.29 is 26.0 Å². The van der Waals surface area contributed by atoms with Gasteiger partial charge in [-0.1, -0.05) is 0 Å². The number of nitrogens with zero attached hydrogens (tertiary/aromatic N) is 4. The molecule has 0 saturated heterocycles. The maximum Gasteiger partial charge on any atom is 0.516 e. The Morgan fingerprint density at radius 3 is 2.48 bits per heavy atom. The molecule has 0 spiro atoms. The molecule has 2 heterocycles. The molecule has 23 heavy (non-hydrogen) atoms. The molecule has 0 amide bonds. The summed E-state index contributed by atoms with van der Waals surface area (Å²) in [5.74, 6) is -1.40. The molecular weight excluding hydrogens is 342 g/mol. The lowest BCUT2D eigenvalue weighted by atomic mass is 10.3. The molecule has 0 saturated carbocycles. The fourth-order valence-electron chi connectivity index (χ4n) is 1.97. The summed E-state index contributed by atoms with van der Waals surface area (Å²) >= 11 is 0. The Morgan fingerprint density at radius 1 is 1.35 bits per heavy atom. The number of halogens is 4. The summed E-state index contributed by atoms with van der Waals surface area (Å²) in [5.41, 5.74) is 0.351. The van der Waals surface area contributed by atoms with E-state index < -0.39 is 33.7 Å². The Kier molecular flexibility index (Phi) is 4.48. The fourth-order valence-corrected chi connectivity index (χ4v) is 2.92. The molecule has 128 valence electrons. The Morgan fingerprint density at radius 2 is 2.00 bits per heavy atom. The van der Waals surface area contributed by atoms with Crippen LogP contribution in [0.5, 0.6) is 0 Å². The van der Waals surface area contributed by atoms with E-state index in [4.69, 9.17) is 5.73 Å². The van der Waals surface area contributed by atoms with Gasteiger partial charge in [0.25, 0.3) is 0 Å². The van der Waals surface area contributed by atoms with E-state index in [0.29, 0.717) is 5.56 Å². The van der Waals surface area contributed by atoms with Crippen LogP contribution in [0.4, 0.5) is 23.4 Å². The minimum absolute atomic E-state index is 0.0735. The number of anilines is 1. The van der Waals surface area contributed by atoms with Crippen LogP contribution in [-0.4, -0.2) is 42.1 Å². The number of hydrogen-bond acceptors (Lipinski definition) is 6. The second kappa shape index (κ2) is 5.92. The number of pyridine rings is 1. The Labute approximate surface area is 129 Å². The minimum atomic E-state index is -5.53. The zero-order valence-corrected chi connectivity index (χ0v) is 12.7. The molecule has 12 heteroatoms. The predicted octanol–water partition coefficient (Wildman–Crippen LogP) is 0.984. The second-order valence-corrected chi connectivity index (χ2v) is 6.50. The summed E-state index contributed by atoms with van der Waals surface area (Å²) in [6.45, 7) is 0.348. The van der Waals surface area contributed by atoms with Crippen LogP contribution in [0, 0.1) is 5.82 Å². The van der Waals surface area contributed by atoms with Gasteiger partial charge in [-0.2, -0.15) is 26.7 Å². The molecule has 1 aliphatic rings. The molecule has 0 aromatic carbocycles. The van der Waals surface area contributed by atoms with Crippen molar-refractivity contribution in [1.29, 1.82) is 0 Å². The molecule has 2 N–H and O–H groups in total. The van der Waals surface area contributed by atoms with Gasteiger partial charge in [-0.3, -0.25) is 0 Å². The lowest BCUT2D eigenvalue weighted by Gasteiger charge is -2.32. The van der Waals surface area contributed by atoms with Gasteiger partial charge in [-0.25, -0.2) is 18.7 Å². The zero-order chi connectivity index (χ0) is 17.4. The van der Waals surface area contributed by atoms with E-state index in [1.807, 2.05) is 0 Å². The van der Waals surface area contributed by atoms with Crippen molar-refractivity contribution in [3.05, 3.63) is 23.6 Å². The average Bonchev–Trinajstić information content (AvgIpc) is 2.45. The van der Waals surface area contributed by atoms with Crippen molar-refractivity contribution in [3.63, 3.8) is 0 Å². The molecular formula is C11H13F4N5O2S. The minimum Gasteiger partial charge on any atom is -0.326 e. The summed E-state index contributed by atoms with van der Waals surface area (Å²) in [6.07, 6.45) is 1.31. The van der Waals surface area contributed by atoms with Gasteiger partial charge in [0.05, 0.1) is 13.1 Å². The normalized spacial score (nSPS) is 16.5. The van der Waals surface area contributed by atoms with Crippen molar-refractivity contribution in [2.45, 2.75) is 19.0 Å². The first-order valence-corrected chi connectivity index (χ1v) is 7.78. The van der Waals surface area contributed by atoms with Gasteiger partial charge in [0.1, 0.15) is 5.84 Å². The number of hydrazone groups is 1. The molecule has 7 nitrogen and oxygen atoms in total. The summed E-state index contributed by atoms with van der Waals surface area (Å²) in [5, 5.41) is 4.70. The molecule has 1 aliphatic heterocycles. The second-order valence-electron chi connectivity index (χ2n) is 4.65. The van der Waals surface area contributed by atoms with Gasteiger partial charge in [-0.15, -0.1) is 0 Å². The first-order chi connectivity index (χ1) is 10.6. The monoisotopic (exact) mass is 355 g/mol. The van der Waals surface area contributed by atoms with Gasteiger partial charge in [0.2, 0.25) is 0 Å². The summed E-state index contributed by atoms with van der Waals surface area (Å²) < 4.78 is 74.6. The molecule has 0 fully saturated rings. The van der Waals surface area contributed by atoms with E-state index in [1.165, 1.54) is 6.20 Å². The van der Waals surface area contributed by atoms with Crippen LogP contribution in [0.2, 0.25) is 0 Å².